The quantitative estimate of drug-likeness (QED) is 0.770. The molecule has 0 unspecified atom stereocenters. The summed E-state index contributed by atoms with van der Waals surface area (Å²) in [6.45, 7) is 2.21. The number of ether oxygens (including phenoxy) is 1. The number of hydrogen-bond acceptors (Lipinski definition) is 2. The molecule has 0 amide bonds. The molecule has 0 aliphatic rings. The number of rotatable bonds is 4. The lowest BCUT2D eigenvalue weighted by molar-refractivity contribution is 0.107. The van der Waals surface area contributed by atoms with Crippen LogP contribution in [0.4, 0.5) is 0 Å². The van der Waals surface area contributed by atoms with Crippen LogP contribution in [0.15, 0.2) is 42.5 Å². The van der Waals surface area contributed by atoms with Gasteiger partial charge in [0.2, 0.25) is 0 Å². The van der Waals surface area contributed by atoms with E-state index in [2.05, 4.69) is 0 Å². The monoisotopic (exact) mass is 294 g/mol. The lowest BCUT2D eigenvalue weighted by Crippen LogP contribution is -2.02. The third-order valence-corrected chi connectivity index (χ3v) is 3.19. The van der Waals surface area contributed by atoms with Crippen molar-refractivity contribution in [2.75, 3.05) is 0 Å². The molecule has 98 valence electrons. The van der Waals surface area contributed by atoms with E-state index >= 15 is 0 Å². The van der Waals surface area contributed by atoms with Gasteiger partial charge >= 0.3 is 0 Å². The largest absolute Gasteiger partial charge is 0.489 e. The highest BCUT2D eigenvalue weighted by Crippen LogP contribution is 2.23. The molecule has 4 heteroatoms. The third-order valence-electron chi connectivity index (χ3n) is 2.75. The Labute approximate surface area is 121 Å². The molecular formula is C15H12Cl2O2. The van der Waals surface area contributed by atoms with Gasteiger partial charge in [0.05, 0.1) is 0 Å². The van der Waals surface area contributed by atoms with Crippen LogP contribution < -0.4 is 4.74 Å². The van der Waals surface area contributed by atoms with E-state index in [1.165, 1.54) is 0 Å². The van der Waals surface area contributed by atoms with E-state index in [1.807, 2.05) is 31.2 Å². The summed E-state index contributed by atoms with van der Waals surface area (Å²) < 4.78 is 5.70. The van der Waals surface area contributed by atoms with Gasteiger partial charge in [-0.15, -0.1) is 0 Å². The van der Waals surface area contributed by atoms with Crippen LogP contribution in [0.3, 0.4) is 0 Å². The topological polar surface area (TPSA) is 26.3 Å². The first-order valence-electron chi connectivity index (χ1n) is 5.74. The van der Waals surface area contributed by atoms with Gasteiger partial charge in [-0.2, -0.15) is 0 Å². The van der Waals surface area contributed by atoms with Crippen LogP contribution in [0.5, 0.6) is 5.75 Å². The van der Waals surface area contributed by atoms with Gasteiger partial charge in [0.1, 0.15) is 12.4 Å². The zero-order valence-corrected chi connectivity index (χ0v) is 11.8. The fourth-order valence-electron chi connectivity index (χ4n) is 1.77. The minimum atomic E-state index is -0.480. The number of halogens is 2. The fraction of sp³-hybridized carbons (Fsp3) is 0.133. The SMILES string of the molecule is Cc1cc(Cl)ccc1OCc1ccccc1C(=O)Cl. The molecule has 0 aliphatic carbocycles. The third kappa shape index (κ3) is 3.49. The zero-order chi connectivity index (χ0) is 13.8. The van der Waals surface area contributed by atoms with Crippen molar-refractivity contribution in [2.45, 2.75) is 13.5 Å². The van der Waals surface area contributed by atoms with Crippen molar-refractivity contribution in [1.82, 2.24) is 0 Å². The summed E-state index contributed by atoms with van der Waals surface area (Å²) in [5.41, 5.74) is 2.18. The Morgan fingerprint density at radius 3 is 2.63 bits per heavy atom. The van der Waals surface area contributed by atoms with E-state index in [4.69, 9.17) is 27.9 Å². The summed E-state index contributed by atoms with van der Waals surface area (Å²) in [6.07, 6.45) is 0. The van der Waals surface area contributed by atoms with E-state index in [1.54, 1.807) is 18.2 Å². The standard InChI is InChI=1S/C15H12Cl2O2/c1-10-8-12(16)6-7-14(10)19-9-11-4-2-3-5-13(11)15(17)18/h2-8H,9H2,1H3. The van der Waals surface area contributed by atoms with Crippen LogP contribution in [0, 0.1) is 6.92 Å². The van der Waals surface area contributed by atoms with Crippen LogP contribution in [0.1, 0.15) is 21.5 Å². The van der Waals surface area contributed by atoms with Gasteiger partial charge in [0, 0.05) is 16.1 Å². The molecule has 0 bridgehead atoms. The number of carbonyl (C=O) groups excluding carboxylic acids is 1. The number of benzene rings is 2. The van der Waals surface area contributed by atoms with Gasteiger partial charge in [0.15, 0.2) is 0 Å². The Balaban J connectivity index is 2.17. The van der Waals surface area contributed by atoms with Crippen molar-refractivity contribution in [1.29, 1.82) is 0 Å². The van der Waals surface area contributed by atoms with Gasteiger partial charge in [0.25, 0.3) is 5.24 Å². The molecule has 0 fully saturated rings. The van der Waals surface area contributed by atoms with Crippen LogP contribution in [-0.2, 0) is 6.61 Å². The van der Waals surface area contributed by atoms with Crippen molar-refractivity contribution in [3.63, 3.8) is 0 Å². The summed E-state index contributed by atoms with van der Waals surface area (Å²) in [4.78, 5) is 11.3. The second-order valence-corrected chi connectivity index (χ2v) is 4.91. The number of aryl methyl sites for hydroxylation is 1. The molecule has 0 aliphatic heterocycles. The first-order chi connectivity index (χ1) is 9.08. The first kappa shape index (κ1) is 13.9. The maximum Gasteiger partial charge on any atom is 0.252 e. The summed E-state index contributed by atoms with van der Waals surface area (Å²) in [6, 6.07) is 12.5. The molecule has 0 atom stereocenters. The van der Waals surface area contributed by atoms with E-state index in [9.17, 15) is 4.79 Å². The molecule has 2 nitrogen and oxygen atoms in total. The Bertz CT molecular complexity index is 609. The Kier molecular flexibility index (Phi) is 4.46. The molecular weight excluding hydrogens is 283 g/mol. The molecule has 0 spiro atoms. The van der Waals surface area contributed by atoms with Crippen molar-refractivity contribution in [3.05, 3.63) is 64.2 Å². The minimum Gasteiger partial charge on any atom is -0.489 e. The average Bonchev–Trinajstić information content (AvgIpc) is 2.38. The predicted molar refractivity (Wildman–Crippen MR) is 77.1 cm³/mol. The van der Waals surface area contributed by atoms with Crippen LogP contribution in [0.2, 0.25) is 5.02 Å². The lowest BCUT2D eigenvalue weighted by atomic mass is 10.1. The molecule has 0 heterocycles. The van der Waals surface area contributed by atoms with E-state index in [-0.39, 0.29) is 6.61 Å². The van der Waals surface area contributed by atoms with Crippen molar-refractivity contribution >= 4 is 28.4 Å². The predicted octanol–water partition coefficient (Wildman–Crippen LogP) is 4.61. The second kappa shape index (κ2) is 6.09. The highest BCUT2D eigenvalue weighted by atomic mass is 35.5. The van der Waals surface area contributed by atoms with Crippen molar-refractivity contribution < 1.29 is 9.53 Å². The van der Waals surface area contributed by atoms with E-state index < -0.39 is 5.24 Å². The van der Waals surface area contributed by atoms with E-state index in [0.717, 1.165) is 16.9 Å². The first-order valence-corrected chi connectivity index (χ1v) is 6.50. The number of carbonyl (C=O) groups is 1. The Morgan fingerprint density at radius 1 is 1.21 bits per heavy atom. The Morgan fingerprint density at radius 2 is 1.95 bits per heavy atom. The molecule has 0 N–H and O–H groups in total. The van der Waals surface area contributed by atoms with Crippen LogP contribution in [0.25, 0.3) is 0 Å². The van der Waals surface area contributed by atoms with Gasteiger partial charge in [-0.3, -0.25) is 4.79 Å². The summed E-state index contributed by atoms with van der Waals surface area (Å²) in [5.74, 6) is 0.737. The van der Waals surface area contributed by atoms with Gasteiger partial charge < -0.3 is 4.74 Å². The second-order valence-electron chi connectivity index (χ2n) is 4.13. The number of hydrogen-bond donors (Lipinski definition) is 0. The summed E-state index contributed by atoms with van der Waals surface area (Å²) >= 11 is 11.4. The molecule has 0 radical (unpaired) electrons. The fourth-order valence-corrected chi connectivity index (χ4v) is 2.18. The van der Waals surface area contributed by atoms with Crippen LogP contribution >= 0.6 is 23.2 Å². The molecule has 0 saturated carbocycles. The van der Waals surface area contributed by atoms with Gasteiger partial charge in [-0.25, -0.2) is 0 Å². The normalized spacial score (nSPS) is 10.3. The van der Waals surface area contributed by atoms with Gasteiger partial charge in [-0.05, 0) is 48.4 Å². The lowest BCUT2D eigenvalue weighted by Gasteiger charge is -2.11. The summed E-state index contributed by atoms with van der Waals surface area (Å²) in [5, 5.41) is 0.188. The van der Waals surface area contributed by atoms with E-state index in [0.29, 0.717) is 10.6 Å². The Hall–Kier alpha value is -1.51. The smallest absolute Gasteiger partial charge is 0.252 e. The molecule has 2 aromatic carbocycles. The minimum absolute atomic E-state index is 0.289. The van der Waals surface area contributed by atoms with Gasteiger partial charge in [-0.1, -0.05) is 29.8 Å². The molecule has 0 aromatic heterocycles. The van der Waals surface area contributed by atoms with Crippen molar-refractivity contribution in [3.8, 4) is 5.75 Å². The van der Waals surface area contributed by atoms with Crippen molar-refractivity contribution in [2.24, 2.45) is 0 Å². The molecule has 19 heavy (non-hydrogen) atoms. The maximum atomic E-state index is 11.3. The highest BCUT2D eigenvalue weighted by molar-refractivity contribution is 6.67. The molecule has 2 aromatic rings. The summed E-state index contributed by atoms with van der Waals surface area (Å²) in [7, 11) is 0. The average molecular weight is 295 g/mol. The zero-order valence-electron chi connectivity index (χ0n) is 10.3. The molecule has 0 saturated heterocycles. The molecule has 2 rings (SSSR count). The highest BCUT2D eigenvalue weighted by Gasteiger charge is 2.09. The maximum absolute atomic E-state index is 11.3. The van der Waals surface area contributed by atoms with Crippen LogP contribution in [-0.4, -0.2) is 5.24 Å².